The number of amides is 1. The van der Waals surface area contributed by atoms with Crippen LogP contribution in [0.1, 0.15) is 10.4 Å². The van der Waals surface area contributed by atoms with Crippen LogP contribution in [-0.2, 0) is 10.0 Å². The number of hydrogen-bond donors (Lipinski definition) is 2. The maximum absolute atomic E-state index is 12.8. The summed E-state index contributed by atoms with van der Waals surface area (Å²) in [6.07, 6.45) is 0. The molecule has 0 heterocycles. The summed E-state index contributed by atoms with van der Waals surface area (Å²) < 4.78 is 33.0. The van der Waals surface area contributed by atoms with Crippen molar-refractivity contribution < 1.29 is 17.9 Å². The first-order valence-electron chi connectivity index (χ1n) is 8.22. The van der Waals surface area contributed by atoms with Gasteiger partial charge in [0.05, 0.1) is 28.9 Å². The van der Waals surface area contributed by atoms with E-state index in [1.54, 1.807) is 42.5 Å². The van der Waals surface area contributed by atoms with E-state index in [9.17, 15) is 13.2 Å². The second-order valence-electron chi connectivity index (χ2n) is 5.76. The van der Waals surface area contributed by atoms with Gasteiger partial charge in [-0.15, -0.1) is 0 Å². The van der Waals surface area contributed by atoms with Crippen LogP contribution >= 0.6 is 11.6 Å². The van der Waals surface area contributed by atoms with E-state index in [0.717, 1.165) is 0 Å². The Morgan fingerprint density at radius 1 is 0.929 bits per heavy atom. The van der Waals surface area contributed by atoms with E-state index in [1.165, 1.54) is 37.4 Å². The van der Waals surface area contributed by atoms with E-state index < -0.39 is 15.9 Å². The van der Waals surface area contributed by atoms with E-state index >= 15 is 0 Å². The van der Waals surface area contributed by atoms with Gasteiger partial charge in [0.1, 0.15) is 5.75 Å². The molecule has 0 fully saturated rings. The van der Waals surface area contributed by atoms with E-state index in [4.69, 9.17) is 16.3 Å². The van der Waals surface area contributed by atoms with Crippen molar-refractivity contribution in [1.29, 1.82) is 0 Å². The van der Waals surface area contributed by atoms with Crippen LogP contribution in [0.5, 0.6) is 5.75 Å². The predicted molar refractivity (Wildman–Crippen MR) is 110 cm³/mol. The standard InChI is InChI=1S/C20H17ClN2O4S/c1-27-19-12-5-4-11-18(19)22-20(24)16-9-2-3-10-17(16)23-28(25,26)15-8-6-7-14(21)13-15/h2-13,23H,1H3,(H,22,24). The lowest BCUT2D eigenvalue weighted by atomic mass is 10.1. The Labute approximate surface area is 168 Å². The summed E-state index contributed by atoms with van der Waals surface area (Å²) in [7, 11) is -2.42. The molecule has 0 saturated carbocycles. The molecule has 0 aliphatic heterocycles. The van der Waals surface area contributed by atoms with Gasteiger partial charge in [0.2, 0.25) is 0 Å². The number of ether oxygens (including phenoxy) is 1. The summed E-state index contributed by atoms with van der Waals surface area (Å²) in [5, 5.41) is 3.03. The molecule has 0 unspecified atom stereocenters. The Morgan fingerprint density at radius 3 is 2.32 bits per heavy atom. The fourth-order valence-corrected chi connectivity index (χ4v) is 3.93. The second-order valence-corrected chi connectivity index (χ2v) is 7.88. The van der Waals surface area contributed by atoms with Crippen molar-refractivity contribution in [3.8, 4) is 5.75 Å². The third-order valence-electron chi connectivity index (χ3n) is 3.88. The lowest BCUT2D eigenvalue weighted by Crippen LogP contribution is -2.18. The van der Waals surface area contributed by atoms with Crippen molar-refractivity contribution >= 4 is 38.9 Å². The minimum absolute atomic E-state index is 0.0000557. The van der Waals surface area contributed by atoms with Gasteiger partial charge in [-0.05, 0) is 42.5 Å². The number of carbonyl (C=O) groups is 1. The van der Waals surface area contributed by atoms with E-state index in [1.807, 2.05) is 0 Å². The average Bonchev–Trinajstić information content (AvgIpc) is 2.68. The summed E-state index contributed by atoms with van der Waals surface area (Å²) in [5.74, 6) is 0.0155. The molecule has 0 aliphatic rings. The summed E-state index contributed by atoms with van der Waals surface area (Å²) in [6, 6.07) is 19.1. The molecule has 0 atom stereocenters. The van der Waals surface area contributed by atoms with Crippen LogP contribution < -0.4 is 14.8 Å². The Bertz CT molecular complexity index is 1120. The average molecular weight is 417 g/mol. The van der Waals surface area contributed by atoms with Crippen molar-refractivity contribution in [2.75, 3.05) is 17.1 Å². The van der Waals surface area contributed by atoms with E-state index in [-0.39, 0.29) is 16.1 Å². The fraction of sp³-hybridized carbons (Fsp3) is 0.0500. The lowest BCUT2D eigenvalue weighted by Gasteiger charge is -2.14. The highest BCUT2D eigenvalue weighted by Crippen LogP contribution is 2.26. The van der Waals surface area contributed by atoms with Crippen molar-refractivity contribution in [1.82, 2.24) is 0 Å². The smallest absolute Gasteiger partial charge is 0.261 e. The summed E-state index contributed by atoms with van der Waals surface area (Å²) in [6.45, 7) is 0. The van der Waals surface area contributed by atoms with Crippen LogP contribution in [0.4, 0.5) is 11.4 Å². The van der Waals surface area contributed by atoms with Gasteiger partial charge in [0.15, 0.2) is 0 Å². The molecule has 0 aliphatic carbocycles. The molecule has 0 aromatic heterocycles. The van der Waals surface area contributed by atoms with E-state index in [0.29, 0.717) is 16.5 Å². The van der Waals surface area contributed by atoms with Gasteiger partial charge in [-0.2, -0.15) is 0 Å². The van der Waals surface area contributed by atoms with Gasteiger partial charge in [-0.3, -0.25) is 9.52 Å². The number of sulfonamides is 1. The maximum atomic E-state index is 12.8. The topological polar surface area (TPSA) is 84.5 Å². The Morgan fingerprint density at radius 2 is 1.61 bits per heavy atom. The van der Waals surface area contributed by atoms with Crippen LogP contribution in [0.2, 0.25) is 5.02 Å². The number of nitrogens with one attached hydrogen (secondary N) is 2. The monoisotopic (exact) mass is 416 g/mol. The Kier molecular flexibility index (Phi) is 5.87. The molecule has 0 spiro atoms. The number of carbonyl (C=O) groups excluding carboxylic acids is 1. The predicted octanol–water partition coefficient (Wildman–Crippen LogP) is 4.40. The highest BCUT2D eigenvalue weighted by molar-refractivity contribution is 7.92. The molecule has 6 nitrogen and oxygen atoms in total. The number of rotatable bonds is 6. The summed E-state index contributed by atoms with van der Waals surface area (Å²) in [4.78, 5) is 12.8. The molecule has 1 amide bonds. The zero-order valence-electron chi connectivity index (χ0n) is 14.8. The fourth-order valence-electron chi connectivity index (χ4n) is 2.55. The Hall–Kier alpha value is -3.03. The molecule has 0 saturated heterocycles. The first-order valence-corrected chi connectivity index (χ1v) is 10.1. The minimum atomic E-state index is -3.92. The minimum Gasteiger partial charge on any atom is -0.495 e. The van der Waals surface area contributed by atoms with Gasteiger partial charge >= 0.3 is 0 Å². The summed E-state index contributed by atoms with van der Waals surface area (Å²) >= 11 is 5.89. The van der Waals surface area contributed by atoms with E-state index in [2.05, 4.69) is 10.0 Å². The zero-order valence-corrected chi connectivity index (χ0v) is 16.4. The summed E-state index contributed by atoms with van der Waals surface area (Å²) in [5.41, 5.74) is 0.788. The number of methoxy groups -OCH3 is 1. The van der Waals surface area contributed by atoms with Crippen molar-refractivity contribution in [2.45, 2.75) is 4.90 Å². The van der Waals surface area contributed by atoms with Crippen molar-refractivity contribution in [3.05, 3.63) is 83.4 Å². The lowest BCUT2D eigenvalue weighted by molar-refractivity contribution is 0.102. The second kappa shape index (κ2) is 8.33. The number of para-hydroxylation sites is 3. The van der Waals surface area contributed by atoms with Crippen molar-refractivity contribution in [3.63, 3.8) is 0 Å². The van der Waals surface area contributed by atoms with Crippen molar-refractivity contribution in [2.24, 2.45) is 0 Å². The molecule has 3 aromatic rings. The highest BCUT2D eigenvalue weighted by Gasteiger charge is 2.19. The SMILES string of the molecule is COc1ccccc1NC(=O)c1ccccc1NS(=O)(=O)c1cccc(Cl)c1. The first kappa shape index (κ1) is 19.7. The molecular formula is C20H17ClN2O4S. The maximum Gasteiger partial charge on any atom is 0.261 e. The van der Waals surface area contributed by atoms with Gasteiger partial charge in [0.25, 0.3) is 15.9 Å². The molecule has 28 heavy (non-hydrogen) atoms. The third kappa shape index (κ3) is 4.44. The normalized spacial score (nSPS) is 10.9. The third-order valence-corrected chi connectivity index (χ3v) is 5.48. The quantitative estimate of drug-likeness (QED) is 0.623. The molecule has 8 heteroatoms. The van der Waals surface area contributed by atoms with Gasteiger partial charge in [0, 0.05) is 5.02 Å². The number of hydrogen-bond acceptors (Lipinski definition) is 4. The molecule has 0 bridgehead atoms. The van der Waals surface area contributed by atoms with Gasteiger partial charge in [-0.1, -0.05) is 41.9 Å². The molecular weight excluding hydrogens is 400 g/mol. The Balaban J connectivity index is 1.90. The number of benzene rings is 3. The largest absolute Gasteiger partial charge is 0.495 e. The molecule has 3 aromatic carbocycles. The van der Waals surface area contributed by atoms with Crippen LogP contribution in [0, 0.1) is 0 Å². The molecule has 2 N–H and O–H groups in total. The van der Waals surface area contributed by atoms with Crippen LogP contribution in [0.25, 0.3) is 0 Å². The number of halogens is 1. The number of anilines is 2. The molecule has 0 radical (unpaired) electrons. The highest BCUT2D eigenvalue weighted by atomic mass is 35.5. The van der Waals surface area contributed by atoms with Gasteiger partial charge in [-0.25, -0.2) is 8.42 Å². The zero-order chi connectivity index (χ0) is 20.1. The van der Waals surface area contributed by atoms with Crippen LogP contribution in [0.15, 0.2) is 77.7 Å². The molecule has 3 rings (SSSR count). The van der Waals surface area contributed by atoms with Crippen LogP contribution in [0.3, 0.4) is 0 Å². The first-order chi connectivity index (χ1) is 13.4. The van der Waals surface area contributed by atoms with Gasteiger partial charge < -0.3 is 10.1 Å². The van der Waals surface area contributed by atoms with Crippen LogP contribution in [-0.4, -0.2) is 21.4 Å². The molecule has 144 valence electrons.